The summed E-state index contributed by atoms with van der Waals surface area (Å²) in [5, 5.41) is 11.5. The van der Waals surface area contributed by atoms with E-state index in [0.717, 1.165) is 11.4 Å². The fraction of sp³-hybridized carbons (Fsp3) is 0.286. The lowest BCUT2D eigenvalue weighted by Gasteiger charge is -2.27. The van der Waals surface area contributed by atoms with Crippen molar-refractivity contribution in [2.24, 2.45) is 0 Å². The predicted octanol–water partition coefficient (Wildman–Crippen LogP) is 2.99. The number of nitrogens with zero attached hydrogens (tertiary/aromatic N) is 3. The SMILES string of the molecule is CC(c1ccccn1)N(O)C(C)c1ccccn1. The minimum absolute atomic E-state index is 0.178. The Kier molecular flexibility index (Phi) is 4.02. The predicted molar refractivity (Wildman–Crippen MR) is 68.9 cm³/mol. The van der Waals surface area contributed by atoms with Gasteiger partial charge in [-0.15, -0.1) is 0 Å². The number of hydrogen-bond acceptors (Lipinski definition) is 4. The van der Waals surface area contributed by atoms with Crippen molar-refractivity contribution in [3.8, 4) is 0 Å². The molecule has 0 aromatic carbocycles. The molecular formula is C14H17N3O. The minimum atomic E-state index is -0.178. The van der Waals surface area contributed by atoms with Crippen molar-refractivity contribution < 1.29 is 5.21 Å². The summed E-state index contributed by atoms with van der Waals surface area (Å²) in [7, 11) is 0. The Morgan fingerprint density at radius 2 is 1.33 bits per heavy atom. The summed E-state index contributed by atoms with van der Waals surface area (Å²) < 4.78 is 0. The Labute approximate surface area is 107 Å². The average molecular weight is 243 g/mol. The summed E-state index contributed by atoms with van der Waals surface area (Å²) in [6.45, 7) is 3.84. The van der Waals surface area contributed by atoms with E-state index in [1.807, 2.05) is 50.2 Å². The van der Waals surface area contributed by atoms with Crippen LogP contribution in [0.5, 0.6) is 0 Å². The van der Waals surface area contributed by atoms with Gasteiger partial charge in [-0.2, -0.15) is 5.06 Å². The zero-order chi connectivity index (χ0) is 13.0. The van der Waals surface area contributed by atoms with Crippen LogP contribution in [0.2, 0.25) is 0 Å². The third kappa shape index (κ3) is 2.72. The van der Waals surface area contributed by atoms with Crippen LogP contribution in [0.25, 0.3) is 0 Å². The standard InChI is InChI=1S/C14H17N3O/c1-11(13-7-3-5-9-15-13)17(18)12(2)14-8-4-6-10-16-14/h3-12,18H,1-2H3. The van der Waals surface area contributed by atoms with Crippen LogP contribution in [-0.2, 0) is 0 Å². The van der Waals surface area contributed by atoms with Gasteiger partial charge in [0.1, 0.15) is 0 Å². The molecular weight excluding hydrogens is 226 g/mol. The van der Waals surface area contributed by atoms with E-state index in [1.54, 1.807) is 12.4 Å². The highest BCUT2D eigenvalue weighted by Crippen LogP contribution is 2.25. The maximum Gasteiger partial charge on any atom is 0.0750 e. The lowest BCUT2D eigenvalue weighted by molar-refractivity contribution is -0.157. The molecule has 4 heteroatoms. The summed E-state index contributed by atoms with van der Waals surface area (Å²) in [5.41, 5.74) is 1.67. The van der Waals surface area contributed by atoms with Crippen molar-refractivity contribution >= 4 is 0 Å². The van der Waals surface area contributed by atoms with E-state index in [4.69, 9.17) is 0 Å². The van der Waals surface area contributed by atoms with Gasteiger partial charge in [-0.25, -0.2) is 0 Å². The van der Waals surface area contributed by atoms with Crippen molar-refractivity contribution in [1.29, 1.82) is 0 Å². The highest BCUT2D eigenvalue weighted by Gasteiger charge is 2.22. The molecule has 0 saturated heterocycles. The van der Waals surface area contributed by atoms with Gasteiger partial charge in [-0.1, -0.05) is 12.1 Å². The van der Waals surface area contributed by atoms with Crippen LogP contribution in [0, 0.1) is 0 Å². The van der Waals surface area contributed by atoms with E-state index in [0.29, 0.717) is 0 Å². The Morgan fingerprint density at radius 1 is 0.889 bits per heavy atom. The van der Waals surface area contributed by atoms with Crippen LogP contribution in [-0.4, -0.2) is 20.2 Å². The number of rotatable bonds is 4. The third-order valence-corrected chi connectivity index (χ3v) is 3.03. The molecule has 2 aromatic rings. The molecule has 0 radical (unpaired) electrons. The second kappa shape index (κ2) is 5.71. The van der Waals surface area contributed by atoms with Crippen LogP contribution in [0.15, 0.2) is 48.8 Å². The van der Waals surface area contributed by atoms with Crippen LogP contribution >= 0.6 is 0 Å². The molecule has 94 valence electrons. The quantitative estimate of drug-likeness (QED) is 0.839. The van der Waals surface area contributed by atoms with Crippen LogP contribution in [0.1, 0.15) is 37.3 Å². The van der Waals surface area contributed by atoms with E-state index in [1.165, 1.54) is 5.06 Å². The van der Waals surface area contributed by atoms with E-state index in [2.05, 4.69) is 9.97 Å². The first kappa shape index (κ1) is 12.7. The van der Waals surface area contributed by atoms with E-state index in [9.17, 15) is 5.21 Å². The lowest BCUT2D eigenvalue weighted by atomic mass is 10.1. The molecule has 2 atom stereocenters. The number of hydrogen-bond donors (Lipinski definition) is 1. The Hall–Kier alpha value is -1.78. The molecule has 0 bridgehead atoms. The van der Waals surface area contributed by atoms with Gasteiger partial charge < -0.3 is 5.21 Å². The molecule has 4 nitrogen and oxygen atoms in total. The molecule has 0 aliphatic carbocycles. The Balaban J connectivity index is 2.14. The molecule has 0 spiro atoms. The number of hydroxylamine groups is 2. The molecule has 2 rings (SSSR count). The summed E-state index contributed by atoms with van der Waals surface area (Å²) in [6, 6.07) is 11.0. The maximum absolute atomic E-state index is 10.2. The molecule has 0 fully saturated rings. The summed E-state index contributed by atoms with van der Waals surface area (Å²) >= 11 is 0. The van der Waals surface area contributed by atoms with Crippen LogP contribution < -0.4 is 0 Å². The van der Waals surface area contributed by atoms with Crippen molar-refractivity contribution in [3.05, 3.63) is 60.2 Å². The van der Waals surface area contributed by atoms with Crippen molar-refractivity contribution in [2.75, 3.05) is 0 Å². The maximum atomic E-state index is 10.2. The monoisotopic (exact) mass is 243 g/mol. The van der Waals surface area contributed by atoms with Gasteiger partial charge in [0.25, 0.3) is 0 Å². The first-order chi connectivity index (χ1) is 8.70. The average Bonchev–Trinajstić information content (AvgIpc) is 2.47. The van der Waals surface area contributed by atoms with Gasteiger partial charge in [-0.3, -0.25) is 9.97 Å². The second-order valence-corrected chi connectivity index (χ2v) is 4.24. The molecule has 2 aromatic heterocycles. The zero-order valence-corrected chi connectivity index (χ0v) is 10.6. The van der Waals surface area contributed by atoms with Crippen molar-refractivity contribution in [3.63, 3.8) is 0 Å². The zero-order valence-electron chi connectivity index (χ0n) is 10.6. The van der Waals surface area contributed by atoms with Crippen molar-refractivity contribution in [2.45, 2.75) is 25.9 Å². The van der Waals surface area contributed by atoms with E-state index in [-0.39, 0.29) is 12.1 Å². The molecule has 0 amide bonds. The molecule has 18 heavy (non-hydrogen) atoms. The Morgan fingerprint density at radius 3 is 1.67 bits per heavy atom. The van der Waals surface area contributed by atoms with Crippen LogP contribution in [0.4, 0.5) is 0 Å². The highest BCUT2D eigenvalue weighted by atomic mass is 16.5. The largest absolute Gasteiger partial charge is 0.313 e. The summed E-state index contributed by atoms with van der Waals surface area (Å²) in [6.07, 6.45) is 3.45. The van der Waals surface area contributed by atoms with Gasteiger partial charge in [0.2, 0.25) is 0 Å². The smallest absolute Gasteiger partial charge is 0.0750 e. The van der Waals surface area contributed by atoms with Gasteiger partial charge in [0.15, 0.2) is 0 Å². The van der Waals surface area contributed by atoms with Gasteiger partial charge >= 0.3 is 0 Å². The van der Waals surface area contributed by atoms with Gasteiger partial charge in [0, 0.05) is 12.4 Å². The fourth-order valence-corrected chi connectivity index (χ4v) is 1.85. The Bertz CT molecular complexity index is 429. The van der Waals surface area contributed by atoms with Crippen LogP contribution in [0.3, 0.4) is 0 Å². The second-order valence-electron chi connectivity index (χ2n) is 4.24. The highest BCUT2D eigenvalue weighted by molar-refractivity contribution is 5.11. The topological polar surface area (TPSA) is 49.2 Å². The summed E-state index contributed by atoms with van der Waals surface area (Å²) in [5.74, 6) is 0. The molecule has 2 unspecified atom stereocenters. The third-order valence-electron chi connectivity index (χ3n) is 3.03. The number of pyridine rings is 2. The lowest BCUT2D eigenvalue weighted by Crippen LogP contribution is -2.27. The first-order valence-corrected chi connectivity index (χ1v) is 5.99. The van der Waals surface area contributed by atoms with Gasteiger partial charge in [0.05, 0.1) is 23.5 Å². The van der Waals surface area contributed by atoms with Gasteiger partial charge in [-0.05, 0) is 38.1 Å². The molecule has 2 heterocycles. The summed E-state index contributed by atoms with van der Waals surface area (Å²) in [4.78, 5) is 8.51. The van der Waals surface area contributed by atoms with E-state index >= 15 is 0 Å². The normalized spacial score (nSPS) is 14.4. The minimum Gasteiger partial charge on any atom is -0.313 e. The first-order valence-electron chi connectivity index (χ1n) is 5.99. The molecule has 0 aliphatic rings. The van der Waals surface area contributed by atoms with Crippen molar-refractivity contribution in [1.82, 2.24) is 15.0 Å². The number of aromatic nitrogens is 2. The molecule has 0 aliphatic heterocycles. The molecule has 1 N–H and O–H groups in total. The molecule has 0 saturated carbocycles. The fourth-order valence-electron chi connectivity index (χ4n) is 1.85. The van der Waals surface area contributed by atoms with E-state index < -0.39 is 0 Å².